The molecule has 1 heterocycles. The number of methoxy groups -OCH3 is 1. The summed E-state index contributed by atoms with van der Waals surface area (Å²) in [7, 11) is 1.66. The lowest BCUT2D eigenvalue weighted by Crippen LogP contribution is -2.37. The first-order chi connectivity index (χ1) is 12.2. The number of hydrogen-bond donors (Lipinski definition) is 0. The zero-order valence-electron chi connectivity index (χ0n) is 14.8. The Morgan fingerprint density at radius 1 is 1.00 bits per heavy atom. The predicted octanol–water partition coefficient (Wildman–Crippen LogP) is 4.17. The van der Waals surface area contributed by atoms with Crippen LogP contribution in [-0.4, -0.2) is 38.3 Å². The highest BCUT2D eigenvalue weighted by molar-refractivity contribution is 5.31. The van der Waals surface area contributed by atoms with Crippen LogP contribution in [0.5, 0.6) is 11.5 Å². The minimum Gasteiger partial charge on any atom is -0.497 e. The number of hydrogen-bond acceptors (Lipinski definition) is 3. The van der Waals surface area contributed by atoms with E-state index in [0.29, 0.717) is 12.5 Å². The summed E-state index contributed by atoms with van der Waals surface area (Å²) in [5.74, 6) is 2.22. The summed E-state index contributed by atoms with van der Waals surface area (Å²) < 4.78 is 24.7. The molecule has 0 saturated carbocycles. The van der Waals surface area contributed by atoms with Crippen molar-refractivity contribution in [2.24, 2.45) is 5.92 Å². The molecule has 1 fully saturated rings. The van der Waals surface area contributed by atoms with Crippen molar-refractivity contribution in [3.05, 3.63) is 59.9 Å². The van der Waals surface area contributed by atoms with E-state index in [4.69, 9.17) is 9.47 Å². The SMILES string of the molecule is COc1ccc(OCCN2CCC(Cc3ccccc3F)CC2)cc1. The van der Waals surface area contributed by atoms with Crippen LogP contribution in [0.25, 0.3) is 0 Å². The van der Waals surface area contributed by atoms with Crippen LogP contribution in [0, 0.1) is 11.7 Å². The van der Waals surface area contributed by atoms with Gasteiger partial charge in [-0.1, -0.05) is 18.2 Å². The van der Waals surface area contributed by atoms with Gasteiger partial charge in [0, 0.05) is 6.54 Å². The maximum atomic E-state index is 13.8. The molecule has 1 aliphatic heterocycles. The lowest BCUT2D eigenvalue weighted by molar-refractivity contribution is 0.154. The van der Waals surface area contributed by atoms with Gasteiger partial charge in [0.15, 0.2) is 0 Å². The van der Waals surface area contributed by atoms with Crippen LogP contribution >= 0.6 is 0 Å². The molecule has 1 saturated heterocycles. The number of benzene rings is 2. The van der Waals surface area contributed by atoms with E-state index < -0.39 is 0 Å². The second-order valence-corrected chi connectivity index (χ2v) is 6.60. The minimum absolute atomic E-state index is 0.0715. The first-order valence-corrected chi connectivity index (χ1v) is 8.97. The second-order valence-electron chi connectivity index (χ2n) is 6.60. The van der Waals surface area contributed by atoms with Gasteiger partial charge in [-0.25, -0.2) is 4.39 Å². The number of ether oxygens (including phenoxy) is 2. The van der Waals surface area contributed by atoms with Crippen molar-refractivity contribution < 1.29 is 13.9 Å². The van der Waals surface area contributed by atoms with Gasteiger partial charge in [-0.15, -0.1) is 0 Å². The Balaban J connectivity index is 1.37. The van der Waals surface area contributed by atoms with Gasteiger partial charge in [0.1, 0.15) is 23.9 Å². The lowest BCUT2D eigenvalue weighted by Gasteiger charge is -2.32. The molecule has 2 aromatic carbocycles. The quantitative estimate of drug-likeness (QED) is 0.753. The molecule has 1 aliphatic rings. The molecular formula is C21H26FNO2. The van der Waals surface area contributed by atoms with Crippen LogP contribution in [-0.2, 0) is 6.42 Å². The first kappa shape index (κ1) is 17.7. The summed E-state index contributed by atoms with van der Waals surface area (Å²) in [6, 6.07) is 14.8. The van der Waals surface area contributed by atoms with E-state index in [1.54, 1.807) is 19.2 Å². The highest BCUT2D eigenvalue weighted by Crippen LogP contribution is 2.23. The fourth-order valence-corrected chi connectivity index (χ4v) is 3.35. The summed E-state index contributed by atoms with van der Waals surface area (Å²) in [4.78, 5) is 2.43. The molecule has 0 spiro atoms. The van der Waals surface area contributed by atoms with Gasteiger partial charge < -0.3 is 9.47 Å². The van der Waals surface area contributed by atoms with Crippen molar-refractivity contribution in [3.63, 3.8) is 0 Å². The molecule has 0 aromatic heterocycles. The van der Waals surface area contributed by atoms with E-state index in [9.17, 15) is 4.39 Å². The molecule has 0 unspecified atom stereocenters. The largest absolute Gasteiger partial charge is 0.497 e. The molecule has 0 bridgehead atoms. The zero-order chi connectivity index (χ0) is 17.5. The summed E-state index contributed by atoms with van der Waals surface area (Å²) >= 11 is 0. The summed E-state index contributed by atoms with van der Waals surface area (Å²) in [6.45, 7) is 3.74. The fraction of sp³-hybridized carbons (Fsp3) is 0.429. The van der Waals surface area contributed by atoms with Crippen LogP contribution in [0.1, 0.15) is 18.4 Å². The molecule has 3 nitrogen and oxygen atoms in total. The Morgan fingerprint density at radius 3 is 2.36 bits per heavy atom. The third-order valence-corrected chi connectivity index (χ3v) is 4.91. The van der Waals surface area contributed by atoms with Gasteiger partial charge in [0.05, 0.1) is 7.11 Å². The van der Waals surface area contributed by atoms with Crippen LogP contribution in [0.4, 0.5) is 4.39 Å². The van der Waals surface area contributed by atoms with Crippen molar-refractivity contribution in [2.75, 3.05) is 33.4 Å². The number of likely N-dealkylation sites (tertiary alicyclic amines) is 1. The molecule has 4 heteroatoms. The molecule has 0 aliphatic carbocycles. The van der Waals surface area contributed by atoms with Crippen molar-refractivity contribution >= 4 is 0 Å². The van der Waals surface area contributed by atoms with Gasteiger partial charge in [-0.05, 0) is 74.2 Å². The first-order valence-electron chi connectivity index (χ1n) is 8.97. The highest BCUT2D eigenvalue weighted by atomic mass is 19.1. The van der Waals surface area contributed by atoms with Gasteiger partial charge >= 0.3 is 0 Å². The molecule has 0 amide bonds. The van der Waals surface area contributed by atoms with Crippen molar-refractivity contribution in [3.8, 4) is 11.5 Å². The van der Waals surface area contributed by atoms with Gasteiger partial charge in [0.2, 0.25) is 0 Å². The summed E-state index contributed by atoms with van der Waals surface area (Å²) in [5.41, 5.74) is 0.851. The van der Waals surface area contributed by atoms with Gasteiger partial charge in [-0.2, -0.15) is 0 Å². The number of halogens is 1. The van der Waals surface area contributed by atoms with E-state index >= 15 is 0 Å². The van der Waals surface area contributed by atoms with Crippen LogP contribution in [0.3, 0.4) is 0 Å². The maximum absolute atomic E-state index is 13.8. The van der Waals surface area contributed by atoms with E-state index in [1.165, 1.54) is 0 Å². The maximum Gasteiger partial charge on any atom is 0.126 e. The van der Waals surface area contributed by atoms with E-state index in [1.807, 2.05) is 36.4 Å². The third kappa shape index (κ3) is 5.20. The number of rotatable bonds is 7. The van der Waals surface area contributed by atoms with Crippen molar-refractivity contribution in [2.45, 2.75) is 19.3 Å². The van der Waals surface area contributed by atoms with Gasteiger partial charge in [-0.3, -0.25) is 4.90 Å². The predicted molar refractivity (Wildman–Crippen MR) is 97.8 cm³/mol. The molecule has 0 radical (unpaired) electrons. The molecule has 25 heavy (non-hydrogen) atoms. The smallest absolute Gasteiger partial charge is 0.126 e. The van der Waals surface area contributed by atoms with Crippen LogP contribution in [0.2, 0.25) is 0 Å². The molecule has 2 aromatic rings. The topological polar surface area (TPSA) is 21.7 Å². The van der Waals surface area contributed by atoms with Gasteiger partial charge in [0.25, 0.3) is 0 Å². The van der Waals surface area contributed by atoms with Crippen LogP contribution in [0.15, 0.2) is 48.5 Å². The average Bonchev–Trinajstić information content (AvgIpc) is 2.65. The summed E-state index contributed by atoms with van der Waals surface area (Å²) in [5, 5.41) is 0. The molecule has 0 atom stereocenters. The Kier molecular flexibility index (Phi) is 6.29. The Bertz CT molecular complexity index is 651. The molecular weight excluding hydrogens is 317 g/mol. The number of nitrogens with zero attached hydrogens (tertiary/aromatic N) is 1. The average molecular weight is 343 g/mol. The van der Waals surface area contributed by atoms with E-state index in [0.717, 1.165) is 56.0 Å². The molecule has 134 valence electrons. The lowest BCUT2D eigenvalue weighted by atomic mass is 9.90. The van der Waals surface area contributed by atoms with E-state index in [-0.39, 0.29) is 5.82 Å². The summed E-state index contributed by atoms with van der Waals surface area (Å²) in [6.07, 6.45) is 3.09. The number of piperidine rings is 1. The van der Waals surface area contributed by atoms with Crippen molar-refractivity contribution in [1.82, 2.24) is 4.90 Å². The van der Waals surface area contributed by atoms with Crippen LogP contribution < -0.4 is 9.47 Å². The normalized spacial score (nSPS) is 15.9. The second kappa shape index (κ2) is 8.86. The third-order valence-electron chi connectivity index (χ3n) is 4.91. The van der Waals surface area contributed by atoms with E-state index in [2.05, 4.69) is 4.90 Å². The zero-order valence-corrected chi connectivity index (χ0v) is 14.8. The Labute approximate surface area is 149 Å². The minimum atomic E-state index is -0.0715. The molecule has 3 rings (SSSR count). The Hall–Kier alpha value is -2.07. The monoisotopic (exact) mass is 343 g/mol. The Morgan fingerprint density at radius 2 is 1.68 bits per heavy atom. The standard InChI is InChI=1S/C21H26FNO2/c1-24-19-6-8-20(9-7-19)25-15-14-23-12-10-17(11-13-23)16-18-4-2-3-5-21(18)22/h2-9,17H,10-16H2,1H3. The highest BCUT2D eigenvalue weighted by Gasteiger charge is 2.20. The fourth-order valence-electron chi connectivity index (χ4n) is 3.35. The van der Waals surface area contributed by atoms with Crippen molar-refractivity contribution in [1.29, 1.82) is 0 Å². The molecule has 0 N–H and O–H groups in total.